The highest BCUT2D eigenvalue weighted by Crippen LogP contribution is 1.99. The minimum atomic E-state index is -0.336. The minimum absolute atomic E-state index is 0.336. The second-order valence-corrected chi connectivity index (χ2v) is 2.48. The maximum Gasteiger partial charge on any atom is 0.341 e. The number of carbonyl (C=O) groups excluding carboxylic acids is 1. The summed E-state index contributed by atoms with van der Waals surface area (Å²) in [5.41, 5.74) is 0.506. The van der Waals surface area contributed by atoms with Gasteiger partial charge >= 0.3 is 5.97 Å². The summed E-state index contributed by atoms with van der Waals surface area (Å²) in [6, 6.07) is 0. The molecule has 4 heteroatoms. The molecule has 0 N–H and O–H groups in total. The van der Waals surface area contributed by atoms with Crippen LogP contribution in [-0.2, 0) is 11.3 Å². The first-order valence-electron chi connectivity index (χ1n) is 3.88. The fourth-order valence-corrected chi connectivity index (χ4v) is 0.938. The molecule has 4 nitrogen and oxygen atoms in total. The Bertz CT molecular complexity index is 268. The van der Waals surface area contributed by atoms with Crippen molar-refractivity contribution in [1.29, 1.82) is 0 Å². The summed E-state index contributed by atoms with van der Waals surface area (Å²) in [5.74, 6) is -0.336. The molecule has 0 atom stereocenters. The summed E-state index contributed by atoms with van der Waals surface area (Å²) in [5, 5.41) is 3.99. The largest absolute Gasteiger partial charge is 0.465 e. The van der Waals surface area contributed by atoms with E-state index in [0.717, 1.165) is 13.0 Å². The van der Waals surface area contributed by atoms with Crippen molar-refractivity contribution in [2.24, 2.45) is 0 Å². The average molecular weight is 168 g/mol. The lowest BCUT2D eigenvalue weighted by atomic mass is 10.4. The molecule has 0 aromatic carbocycles. The number of methoxy groups -OCH3 is 1. The number of hydrogen-bond acceptors (Lipinski definition) is 3. The van der Waals surface area contributed by atoms with Crippen molar-refractivity contribution in [3.63, 3.8) is 0 Å². The maximum atomic E-state index is 11.0. The Balaban J connectivity index is 2.70. The monoisotopic (exact) mass is 168 g/mol. The van der Waals surface area contributed by atoms with Gasteiger partial charge < -0.3 is 4.74 Å². The van der Waals surface area contributed by atoms with Crippen LogP contribution in [0.15, 0.2) is 12.4 Å². The van der Waals surface area contributed by atoms with Gasteiger partial charge in [0.05, 0.1) is 18.9 Å². The van der Waals surface area contributed by atoms with E-state index in [9.17, 15) is 4.79 Å². The summed E-state index contributed by atoms with van der Waals surface area (Å²) in [7, 11) is 1.36. The first kappa shape index (κ1) is 8.77. The van der Waals surface area contributed by atoms with Crippen molar-refractivity contribution in [2.45, 2.75) is 19.9 Å². The van der Waals surface area contributed by atoms with E-state index in [4.69, 9.17) is 0 Å². The molecule has 0 aliphatic carbocycles. The molecule has 0 aliphatic rings. The Morgan fingerprint density at radius 1 is 1.75 bits per heavy atom. The summed E-state index contributed by atoms with van der Waals surface area (Å²) in [6.45, 7) is 2.89. The fraction of sp³-hybridized carbons (Fsp3) is 0.500. The molecule has 0 saturated carbocycles. The Labute approximate surface area is 71.1 Å². The van der Waals surface area contributed by atoms with Gasteiger partial charge in [0.15, 0.2) is 0 Å². The third kappa shape index (κ3) is 1.84. The van der Waals surface area contributed by atoms with Gasteiger partial charge in [-0.1, -0.05) is 6.92 Å². The lowest BCUT2D eigenvalue weighted by Gasteiger charge is -1.94. The van der Waals surface area contributed by atoms with Gasteiger partial charge in [0.25, 0.3) is 0 Å². The Morgan fingerprint density at radius 3 is 3.08 bits per heavy atom. The SMILES string of the molecule is CCCn1cc(C(=O)OC)cn1. The van der Waals surface area contributed by atoms with E-state index in [2.05, 4.69) is 16.8 Å². The van der Waals surface area contributed by atoms with Crippen LogP contribution in [-0.4, -0.2) is 22.9 Å². The van der Waals surface area contributed by atoms with Gasteiger partial charge in [0.1, 0.15) is 0 Å². The number of nitrogens with zero attached hydrogens (tertiary/aromatic N) is 2. The van der Waals surface area contributed by atoms with Crippen molar-refractivity contribution >= 4 is 5.97 Å². The Morgan fingerprint density at radius 2 is 2.50 bits per heavy atom. The van der Waals surface area contributed by atoms with E-state index in [1.807, 2.05) is 0 Å². The van der Waals surface area contributed by atoms with Crippen molar-refractivity contribution in [3.8, 4) is 0 Å². The molecule has 0 fully saturated rings. The fourth-order valence-electron chi connectivity index (χ4n) is 0.938. The molecule has 12 heavy (non-hydrogen) atoms. The number of rotatable bonds is 3. The predicted octanol–water partition coefficient (Wildman–Crippen LogP) is 1.08. The van der Waals surface area contributed by atoms with Gasteiger partial charge in [-0.2, -0.15) is 5.10 Å². The second kappa shape index (κ2) is 3.90. The number of aromatic nitrogens is 2. The van der Waals surface area contributed by atoms with Crippen LogP contribution in [0.1, 0.15) is 23.7 Å². The van der Waals surface area contributed by atoms with Gasteiger partial charge in [-0.3, -0.25) is 4.68 Å². The van der Waals surface area contributed by atoms with Crippen molar-refractivity contribution in [2.75, 3.05) is 7.11 Å². The number of esters is 1. The number of carbonyl (C=O) groups is 1. The lowest BCUT2D eigenvalue weighted by molar-refractivity contribution is 0.0600. The molecule has 0 unspecified atom stereocenters. The van der Waals surface area contributed by atoms with E-state index in [-0.39, 0.29) is 5.97 Å². The topological polar surface area (TPSA) is 44.1 Å². The molecule has 1 aromatic heterocycles. The van der Waals surface area contributed by atoms with E-state index in [1.165, 1.54) is 13.3 Å². The zero-order valence-electron chi connectivity index (χ0n) is 7.28. The molecule has 0 spiro atoms. The van der Waals surface area contributed by atoms with Gasteiger partial charge in [-0.05, 0) is 6.42 Å². The number of ether oxygens (including phenoxy) is 1. The van der Waals surface area contributed by atoms with Gasteiger partial charge in [0.2, 0.25) is 0 Å². The molecule has 0 aliphatic heterocycles. The third-order valence-corrected chi connectivity index (χ3v) is 1.51. The summed E-state index contributed by atoms with van der Waals surface area (Å²) in [6.07, 6.45) is 4.21. The first-order chi connectivity index (χ1) is 5.77. The molecule has 1 heterocycles. The standard InChI is InChI=1S/C8H12N2O2/c1-3-4-10-6-7(5-9-10)8(11)12-2/h5-6H,3-4H2,1-2H3. The van der Waals surface area contributed by atoms with E-state index in [0.29, 0.717) is 5.56 Å². The molecular formula is C8H12N2O2. The molecule has 0 amide bonds. The zero-order chi connectivity index (χ0) is 8.97. The van der Waals surface area contributed by atoms with Crippen LogP contribution in [0.4, 0.5) is 0 Å². The molecule has 0 saturated heterocycles. The summed E-state index contributed by atoms with van der Waals surface area (Å²) < 4.78 is 6.26. The predicted molar refractivity (Wildman–Crippen MR) is 43.9 cm³/mol. The van der Waals surface area contributed by atoms with Crippen molar-refractivity contribution in [1.82, 2.24) is 9.78 Å². The van der Waals surface area contributed by atoms with Crippen LogP contribution in [0.3, 0.4) is 0 Å². The quantitative estimate of drug-likeness (QED) is 0.634. The summed E-state index contributed by atoms with van der Waals surface area (Å²) >= 11 is 0. The Kier molecular flexibility index (Phi) is 2.85. The van der Waals surface area contributed by atoms with Gasteiger partial charge in [-0.25, -0.2) is 4.79 Å². The van der Waals surface area contributed by atoms with E-state index >= 15 is 0 Å². The number of hydrogen-bond donors (Lipinski definition) is 0. The molecule has 66 valence electrons. The summed E-state index contributed by atoms with van der Waals surface area (Å²) in [4.78, 5) is 11.0. The van der Waals surface area contributed by atoms with Crippen molar-refractivity contribution < 1.29 is 9.53 Å². The zero-order valence-corrected chi connectivity index (χ0v) is 7.28. The smallest absolute Gasteiger partial charge is 0.341 e. The second-order valence-electron chi connectivity index (χ2n) is 2.48. The molecule has 0 bridgehead atoms. The van der Waals surface area contributed by atoms with Crippen LogP contribution in [0.5, 0.6) is 0 Å². The normalized spacial score (nSPS) is 9.83. The lowest BCUT2D eigenvalue weighted by Crippen LogP contribution is -2.00. The molecular weight excluding hydrogens is 156 g/mol. The first-order valence-corrected chi connectivity index (χ1v) is 3.88. The van der Waals surface area contributed by atoms with Crippen LogP contribution in [0.25, 0.3) is 0 Å². The van der Waals surface area contributed by atoms with E-state index < -0.39 is 0 Å². The highest BCUT2D eigenvalue weighted by atomic mass is 16.5. The minimum Gasteiger partial charge on any atom is -0.465 e. The van der Waals surface area contributed by atoms with Crippen LogP contribution >= 0.6 is 0 Å². The van der Waals surface area contributed by atoms with Crippen molar-refractivity contribution in [3.05, 3.63) is 18.0 Å². The highest BCUT2D eigenvalue weighted by molar-refractivity contribution is 5.88. The van der Waals surface area contributed by atoms with Gasteiger partial charge in [0, 0.05) is 12.7 Å². The Hall–Kier alpha value is -1.32. The average Bonchev–Trinajstić information content (AvgIpc) is 2.52. The van der Waals surface area contributed by atoms with Crippen LogP contribution in [0.2, 0.25) is 0 Å². The van der Waals surface area contributed by atoms with E-state index in [1.54, 1.807) is 10.9 Å². The van der Waals surface area contributed by atoms with Crippen LogP contribution in [0, 0.1) is 0 Å². The molecule has 0 radical (unpaired) electrons. The maximum absolute atomic E-state index is 11.0. The molecule has 1 rings (SSSR count). The molecule has 1 aromatic rings. The van der Waals surface area contributed by atoms with Crippen LogP contribution < -0.4 is 0 Å². The third-order valence-electron chi connectivity index (χ3n) is 1.51. The van der Waals surface area contributed by atoms with Gasteiger partial charge in [-0.15, -0.1) is 0 Å². The number of aryl methyl sites for hydroxylation is 1. The highest BCUT2D eigenvalue weighted by Gasteiger charge is 2.06.